The summed E-state index contributed by atoms with van der Waals surface area (Å²) in [5.74, 6) is 1.69. The van der Waals surface area contributed by atoms with E-state index in [0.29, 0.717) is 23.5 Å². The van der Waals surface area contributed by atoms with E-state index in [0.717, 1.165) is 50.2 Å². The van der Waals surface area contributed by atoms with E-state index in [9.17, 15) is 4.79 Å². The molecule has 3 heterocycles. The topological polar surface area (TPSA) is 58.1 Å². The maximum atomic E-state index is 11.5. The van der Waals surface area contributed by atoms with Crippen LogP contribution in [0.5, 0.6) is 0 Å². The Labute approximate surface area is 130 Å². The highest BCUT2D eigenvalue weighted by Gasteiger charge is 2.34. The first kappa shape index (κ1) is 14.6. The smallest absolute Gasteiger partial charge is 0.220 e. The Hall–Kier alpha value is -1.36. The van der Waals surface area contributed by atoms with Crippen LogP contribution in [0, 0.1) is 5.92 Å². The highest BCUT2D eigenvalue weighted by molar-refractivity contribution is 6.30. The lowest BCUT2D eigenvalue weighted by molar-refractivity contribution is -0.124. The molecule has 1 aromatic rings. The Kier molecular flexibility index (Phi) is 4.29. The second-order valence-electron chi connectivity index (χ2n) is 5.92. The maximum absolute atomic E-state index is 11.5. The molecule has 2 aliphatic rings. The number of fused-ring (bicyclic) bond motifs is 1. The number of nitrogens with zero attached hydrogens (tertiary/aromatic N) is 3. The molecule has 0 aliphatic carbocycles. The molecule has 2 atom stereocenters. The number of hydrogen-bond donors (Lipinski definition) is 1. The van der Waals surface area contributed by atoms with Crippen molar-refractivity contribution in [2.24, 2.45) is 5.92 Å². The summed E-state index contributed by atoms with van der Waals surface area (Å²) in [4.78, 5) is 22.4. The standard InChI is InChI=1S/C15H21ClN4O/c1-2-3-11-14(16)17-9-18-15(11)20-7-6-12-10(8-20)4-5-13(21)19-12/h9-10,12H,2-8H2,1H3,(H,19,21). The van der Waals surface area contributed by atoms with Crippen molar-refractivity contribution in [2.75, 3.05) is 18.0 Å². The highest BCUT2D eigenvalue weighted by atomic mass is 35.5. The molecule has 0 bridgehead atoms. The number of carbonyl (C=O) groups is 1. The molecule has 2 fully saturated rings. The summed E-state index contributed by atoms with van der Waals surface area (Å²) in [6.07, 6.45) is 6.05. The van der Waals surface area contributed by atoms with Crippen molar-refractivity contribution in [1.82, 2.24) is 15.3 Å². The first-order valence-electron chi connectivity index (χ1n) is 7.72. The summed E-state index contributed by atoms with van der Waals surface area (Å²) >= 11 is 6.25. The molecular formula is C15H21ClN4O. The second kappa shape index (κ2) is 6.18. The number of halogens is 1. The van der Waals surface area contributed by atoms with Gasteiger partial charge in [0.05, 0.1) is 0 Å². The van der Waals surface area contributed by atoms with E-state index >= 15 is 0 Å². The molecule has 2 unspecified atom stereocenters. The first-order chi connectivity index (χ1) is 10.2. The predicted octanol–water partition coefficient (Wildman–Crippen LogP) is 2.19. The third-order valence-electron chi connectivity index (χ3n) is 4.49. The Bertz CT molecular complexity index is 536. The van der Waals surface area contributed by atoms with Gasteiger partial charge in [0.2, 0.25) is 5.91 Å². The van der Waals surface area contributed by atoms with Gasteiger partial charge in [-0.2, -0.15) is 0 Å². The largest absolute Gasteiger partial charge is 0.356 e. The molecule has 3 rings (SSSR count). The van der Waals surface area contributed by atoms with Crippen molar-refractivity contribution in [3.05, 3.63) is 17.0 Å². The number of hydrogen-bond acceptors (Lipinski definition) is 4. The van der Waals surface area contributed by atoms with Gasteiger partial charge in [-0.1, -0.05) is 24.9 Å². The number of carbonyl (C=O) groups excluding carboxylic acids is 1. The lowest BCUT2D eigenvalue weighted by atomic mass is 9.85. The Balaban J connectivity index is 1.79. The molecule has 21 heavy (non-hydrogen) atoms. The van der Waals surface area contributed by atoms with Crippen molar-refractivity contribution >= 4 is 23.3 Å². The third kappa shape index (κ3) is 2.98. The first-order valence-corrected chi connectivity index (χ1v) is 8.10. The fourth-order valence-corrected chi connectivity index (χ4v) is 3.64. The maximum Gasteiger partial charge on any atom is 0.220 e. The van der Waals surface area contributed by atoms with Crippen LogP contribution in [0.15, 0.2) is 6.33 Å². The second-order valence-corrected chi connectivity index (χ2v) is 6.28. The average molecular weight is 309 g/mol. The molecule has 0 spiro atoms. The molecule has 0 radical (unpaired) electrons. The fraction of sp³-hybridized carbons (Fsp3) is 0.667. The van der Waals surface area contributed by atoms with Crippen LogP contribution in [0.4, 0.5) is 5.82 Å². The van der Waals surface area contributed by atoms with Crippen LogP contribution in [0.25, 0.3) is 0 Å². The van der Waals surface area contributed by atoms with Crippen molar-refractivity contribution in [3.8, 4) is 0 Å². The van der Waals surface area contributed by atoms with E-state index in [2.05, 4.69) is 27.1 Å². The summed E-state index contributed by atoms with van der Waals surface area (Å²) in [6.45, 7) is 3.98. The van der Waals surface area contributed by atoms with E-state index in [1.54, 1.807) is 6.33 Å². The SMILES string of the molecule is CCCc1c(Cl)ncnc1N1CCC2NC(=O)CCC2C1. The average Bonchev–Trinajstić information content (AvgIpc) is 2.49. The summed E-state index contributed by atoms with van der Waals surface area (Å²) in [6, 6.07) is 0.328. The fourth-order valence-electron chi connectivity index (χ4n) is 3.42. The van der Waals surface area contributed by atoms with Gasteiger partial charge in [-0.3, -0.25) is 4.79 Å². The number of nitrogens with one attached hydrogen (secondary N) is 1. The minimum absolute atomic E-state index is 0.196. The zero-order valence-corrected chi connectivity index (χ0v) is 13.1. The van der Waals surface area contributed by atoms with Crippen LogP contribution in [-0.4, -0.2) is 35.0 Å². The van der Waals surface area contributed by atoms with E-state index in [1.807, 2.05) is 0 Å². The van der Waals surface area contributed by atoms with Gasteiger partial charge in [-0.05, 0) is 25.2 Å². The number of piperidine rings is 2. The number of aromatic nitrogens is 2. The Morgan fingerprint density at radius 3 is 3.10 bits per heavy atom. The van der Waals surface area contributed by atoms with Crippen molar-refractivity contribution in [1.29, 1.82) is 0 Å². The molecule has 1 amide bonds. The van der Waals surface area contributed by atoms with Gasteiger partial charge in [0.1, 0.15) is 17.3 Å². The molecule has 5 nitrogen and oxygen atoms in total. The van der Waals surface area contributed by atoms with Crippen molar-refractivity contribution in [3.63, 3.8) is 0 Å². The van der Waals surface area contributed by atoms with E-state index < -0.39 is 0 Å². The molecule has 2 aliphatic heterocycles. The Morgan fingerprint density at radius 2 is 2.29 bits per heavy atom. The minimum atomic E-state index is 0.196. The van der Waals surface area contributed by atoms with E-state index in [4.69, 9.17) is 11.6 Å². The summed E-state index contributed by atoms with van der Waals surface area (Å²) in [7, 11) is 0. The van der Waals surface area contributed by atoms with E-state index in [-0.39, 0.29) is 5.91 Å². The van der Waals surface area contributed by atoms with Crippen molar-refractivity contribution in [2.45, 2.75) is 45.1 Å². The summed E-state index contributed by atoms with van der Waals surface area (Å²) in [5, 5.41) is 3.69. The lowest BCUT2D eigenvalue weighted by Gasteiger charge is -2.42. The molecule has 1 N–H and O–H groups in total. The predicted molar refractivity (Wildman–Crippen MR) is 82.5 cm³/mol. The summed E-state index contributed by atoms with van der Waals surface area (Å²) in [5.41, 5.74) is 1.06. The summed E-state index contributed by atoms with van der Waals surface area (Å²) < 4.78 is 0. The molecule has 6 heteroatoms. The molecular weight excluding hydrogens is 288 g/mol. The van der Waals surface area contributed by atoms with Gasteiger partial charge in [-0.25, -0.2) is 9.97 Å². The van der Waals surface area contributed by atoms with Crippen LogP contribution in [0.3, 0.4) is 0 Å². The van der Waals surface area contributed by atoms with Gasteiger partial charge in [0.25, 0.3) is 0 Å². The molecule has 0 aromatic carbocycles. The van der Waals surface area contributed by atoms with Crippen LogP contribution >= 0.6 is 11.6 Å². The molecule has 2 saturated heterocycles. The number of rotatable bonds is 3. The zero-order chi connectivity index (χ0) is 14.8. The monoisotopic (exact) mass is 308 g/mol. The van der Waals surface area contributed by atoms with Crippen molar-refractivity contribution < 1.29 is 4.79 Å². The quantitative estimate of drug-likeness (QED) is 0.870. The van der Waals surface area contributed by atoms with Crippen LogP contribution in [0.2, 0.25) is 5.15 Å². The minimum Gasteiger partial charge on any atom is -0.356 e. The highest BCUT2D eigenvalue weighted by Crippen LogP contribution is 2.31. The molecule has 1 aromatic heterocycles. The van der Waals surface area contributed by atoms with Gasteiger partial charge < -0.3 is 10.2 Å². The Morgan fingerprint density at radius 1 is 1.43 bits per heavy atom. The van der Waals surface area contributed by atoms with Crippen LogP contribution in [-0.2, 0) is 11.2 Å². The van der Waals surface area contributed by atoms with Gasteiger partial charge in [0, 0.05) is 31.1 Å². The van der Waals surface area contributed by atoms with Gasteiger partial charge in [-0.15, -0.1) is 0 Å². The van der Waals surface area contributed by atoms with Crippen LogP contribution in [0.1, 0.15) is 38.2 Å². The lowest BCUT2D eigenvalue weighted by Crippen LogP contribution is -2.54. The number of anilines is 1. The van der Waals surface area contributed by atoms with Crippen LogP contribution < -0.4 is 10.2 Å². The van der Waals surface area contributed by atoms with E-state index in [1.165, 1.54) is 0 Å². The normalized spacial score (nSPS) is 25.4. The molecule has 114 valence electrons. The zero-order valence-electron chi connectivity index (χ0n) is 12.3. The third-order valence-corrected chi connectivity index (χ3v) is 4.82. The number of amides is 1. The van der Waals surface area contributed by atoms with Gasteiger partial charge >= 0.3 is 0 Å². The van der Waals surface area contributed by atoms with Gasteiger partial charge in [0.15, 0.2) is 0 Å². The molecule has 0 saturated carbocycles.